The Morgan fingerprint density at radius 2 is 1.92 bits per heavy atom. The van der Waals surface area contributed by atoms with E-state index in [1.54, 1.807) is 41.9 Å². The highest BCUT2D eigenvalue weighted by Crippen LogP contribution is 2.15. The van der Waals surface area contributed by atoms with Crippen molar-refractivity contribution < 1.29 is 14.3 Å². The van der Waals surface area contributed by atoms with Gasteiger partial charge in [0.1, 0.15) is 5.75 Å². The van der Waals surface area contributed by atoms with Crippen LogP contribution in [0.15, 0.2) is 60.1 Å². The van der Waals surface area contributed by atoms with Crippen LogP contribution in [0.5, 0.6) is 5.75 Å². The van der Waals surface area contributed by atoms with Gasteiger partial charge in [0.25, 0.3) is 11.8 Å². The molecule has 0 saturated carbocycles. The third-order valence-electron chi connectivity index (χ3n) is 3.44. The fourth-order valence-electron chi connectivity index (χ4n) is 2.21. The van der Waals surface area contributed by atoms with Gasteiger partial charge in [0.2, 0.25) is 0 Å². The summed E-state index contributed by atoms with van der Waals surface area (Å²) in [7, 11) is 0. The molecule has 3 aromatic rings. The monoisotopic (exact) mass is 367 g/mol. The summed E-state index contributed by atoms with van der Waals surface area (Å²) in [6, 6.07) is 14.1. The average molecular weight is 367 g/mol. The van der Waals surface area contributed by atoms with E-state index in [4.69, 9.17) is 4.74 Å². The predicted molar refractivity (Wildman–Crippen MR) is 102 cm³/mol. The SMILES string of the molecule is Cc1cccc(OCC(=O)Nc2ccc(C(=O)Nc3nccs3)cc2)c1. The standard InChI is InChI=1S/C19H17N3O3S/c1-13-3-2-4-16(11-13)25-12-17(23)21-15-7-5-14(6-8-15)18(24)22-19-20-9-10-26-19/h2-11H,12H2,1H3,(H,21,23)(H,20,22,24). The molecule has 1 heterocycles. The van der Waals surface area contributed by atoms with Gasteiger partial charge in [0.05, 0.1) is 0 Å². The van der Waals surface area contributed by atoms with Crippen molar-refractivity contribution in [2.45, 2.75) is 6.92 Å². The highest BCUT2D eigenvalue weighted by atomic mass is 32.1. The number of hydrogen-bond donors (Lipinski definition) is 2. The van der Waals surface area contributed by atoms with Crippen molar-refractivity contribution in [2.24, 2.45) is 0 Å². The second kappa shape index (κ2) is 8.26. The number of anilines is 2. The molecule has 3 rings (SSSR count). The van der Waals surface area contributed by atoms with E-state index < -0.39 is 0 Å². The minimum absolute atomic E-state index is 0.0876. The van der Waals surface area contributed by atoms with Gasteiger partial charge < -0.3 is 10.1 Å². The number of thiazole rings is 1. The largest absolute Gasteiger partial charge is 0.484 e. The Morgan fingerprint density at radius 3 is 2.62 bits per heavy atom. The minimum Gasteiger partial charge on any atom is -0.484 e. The molecule has 26 heavy (non-hydrogen) atoms. The van der Waals surface area contributed by atoms with Crippen molar-refractivity contribution in [3.8, 4) is 5.75 Å². The van der Waals surface area contributed by atoms with Crippen molar-refractivity contribution >= 4 is 34.0 Å². The first-order chi connectivity index (χ1) is 12.6. The van der Waals surface area contributed by atoms with Gasteiger partial charge in [0.15, 0.2) is 11.7 Å². The Balaban J connectivity index is 1.51. The number of carbonyl (C=O) groups excluding carboxylic acids is 2. The van der Waals surface area contributed by atoms with Crippen molar-refractivity contribution in [1.29, 1.82) is 0 Å². The van der Waals surface area contributed by atoms with E-state index in [1.807, 2.05) is 25.1 Å². The summed E-state index contributed by atoms with van der Waals surface area (Å²) in [4.78, 5) is 28.1. The lowest BCUT2D eigenvalue weighted by Gasteiger charge is -2.08. The number of hydrogen-bond acceptors (Lipinski definition) is 5. The number of nitrogens with one attached hydrogen (secondary N) is 2. The zero-order valence-corrected chi connectivity index (χ0v) is 14.9. The van der Waals surface area contributed by atoms with Gasteiger partial charge in [-0.15, -0.1) is 11.3 Å². The van der Waals surface area contributed by atoms with Gasteiger partial charge in [-0.1, -0.05) is 12.1 Å². The van der Waals surface area contributed by atoms with E-state index in [0.29, 0.717) is 22.1 Å². The van der Waals surface area contributed by atoms with Gasteiger partial charge in [-0.25, -0.2) is 4.98 Å². The predicted octanol–water partition coefficient (Wildman–Crippen LogP) is 3.72. The molecule has 1 aromatic heterocycles. The van der Waals surface area contributed by atoms with Crippen LogP contribution in [0, 0.1) is 6.92 Å². The van der Waals surface area contributed by atoms with Gasteiger partial charge in [-0.3, -0.25) is 14.9 Å². The van der Waals surface area contributed by atoms with Gasteiger partial charge in [-0.05, 0) is 48.9 Å². The summed E-state index contributed by atoms with van der Waals surface area (Å²) in [5.41, 5.74) is 2.14. The van der Waals surface area contributed by atoms with Crippen molar-refractivity contribution in [1.82, 2.24) is 4.98 Å². The van der Waals surface area contributed by atoms with E-state index in [-0.39, 0.29) is 18.4 Å². The molecule has 2 aromatic carbocycles. The molecule has 0 aliphatic rings. The molecule has 2 N–H and O–H groups in total. The zero-order valence-electron chi connectivity index (χ0n) is 14.1. The van der Waals surface area contributed by atoms with Crippen LogP contribution in [0.25, 0.3) is 0 Å². The molecule has 0 spiro atoms. The van der Waals surface area contributed by atoms with Crippen LogP contribution in [0.1, 0.15) is 15.9 Å². The fourth-order valence-corrected chi connectivity index (χ4v) is 2.73. The van der Waals surface area contributed by atoms with Crippen LogP contribution in [0.4, 0.5) is 10.8 Å². The first kappa shape index (κ1) is 17.6. The van der Waals surface area contributed by atoms with Crippen LogP contribution in [-0.4, -0.2) is 23.4 Å². The Labute approximate surface area is 154 Å². The molecule has 0 aliphatic heterocycles. The Bertz CT molecular complexity index is 893. The summed E-state index contributed by atoms with van der Waals surface area (Å²) < 4.78 is 5.46. The normalized spacial score (nSPS) is 10.2. The molecule has 0 atom stereocenters. The van der Waals surface area contributed by atoms with E-state index in [0.717, 1.165) is 5.56 Å². The van der Waals surface area contributed by atoms with Crippen molar-refractivity contribution in [3.05, 3.63) is 71.2 Å². The highest BCUT2D eigenvalue weighted by Gasteiger charge is 2.09. The fraction of sp³-hybridized carbons (Fsp3) is 0.105. The topological polar surface area (TPSA) is 80.3 Å². The first-order valence-corrected chi connectivity index (χ1v) is 8.78. The maximum absolute atomic E-state index is 12.1. The number of ether oxygens (including phenoxy) is 1. The molecule has 0 unspecified atom stereocenters. The molecule has 0 aliphatic carbocycles. The average Bonchev–Trinajstić information content (AvgIpc) is 3.14. The first-order valence-electron chi connectivity index (χ1n) is 7.90. The van der Waals surface area contributed by atoms with Crippen LogP contribution in [-0.2, 0) is 4.79 Å². The summed E-state index contributed by atoms with van der Waals surface area (Å²) >= 11 is 1.35. The highest BCUT2D eigenvalue weighted by molar-refractivity contribution is 7.13. The molecule has 0 fully saturated rings. The molecule has 2 amide bonds. The number of carbonyl (C=O) groups is 2. The number of nitrogens with zero attached hydrogens (tertiary/aromatic N) is 1. The summed E-state index contributed by atoms with van der Waals surface area (Å²) in [5, 5.41) is 7.76. The smallest absolute Gasteiger partial charge is 0.262 e. The van der Waals surface area contributed by atoms with E-state index in [9.17, 15) is 9.59 Å². The second-order valence-electron chi connectivity index (χ2n) is 5.52. The van der Waals surface area contributed by atoms with Gasteiger partial charge >= 0.3 is 0 Å². The summed E-state index contributed by atoms with van der Waals surface area (Å²) in [6.07, 6.45) is 1.62. The van der Waals surface area contributed by atoms with Crippen molar-refractivity contribution in [2.75, 3.05) is 17.2 Å². The van der Waals surface area contributed by atoms with Gasteiger partial charge in [0, 0.05) is 22.8 Å². The Morgan fingerprint density at radius 1 is 1.12 bits per heavy atom. The van der Waals surface area contributed by atoms with E-state index in [2.05, 4.69) is 15.6 Å². The summed E-state index contributed by atoms with van der Waals surface area (Å²) in [5.74, 6) is 0.126. The minimum atomic E-state index is -0.272. The molecule has 7 heteroatoms. The zero-order chi connectivity index (χ0) is 18.4. The third kappa shape index (κ3) is 4.90. The number of aromatic nitrogens is 1. The lowest BCUT2D eigenvalue weighted by atomic mass is 10.2. The summed E-state index contributed by atoms with van der Waals surface area (Å²) in [6.45, 7) is 1.87. The third-order valence-corrected chi connectivity index (χ3v) is 4.13. The number of amides is 2. The van der Waals surface area contributed by atoms with Crippen LogP contribution < -0.4 is 15.4 Å². The number of aryl methyl sites for hydroxylation is 1. The van der Waals surface area contributed by atoms with Crippen molar-refractivity contribution in [3.63, 3.8) is 0 Å². The quantitative estimate of drug-likeness (QED) is 0.696. The maximum atomic E-state index is 12.1. The van der Waals surface area contributed by atoms with E-state index in [1.165, 1.54) is 11.3 Å². The second-order valence-corrected chi connectivity index (χ2v) is 6.42. The van der Waals surface area contributed by atoms with Crippen LogP contribution >= 0.6 is 11.3 Å². The molecule has 6 nitrogen and oxygen atoms in total. The van der Waals surface area contributed by atoms with Crippen LogP contribution in [0.3, 0.4) is 0 Å². The molecule has 0 bridgehead atoms. The van der Waals surface area contributed by atoms with Gasteiger partial charge in [-0.2, -0.15) is 0 Å². The Kier molecular flexibility index (Phi) is 5.60. The molecular weight excluding hydrogens is 350 g/mol. The molecule has 132 valence electrons. The van der Waals surface area contributed by atoms with E-state index >= 15 is 0 Å². The maximum Gasteiger partial charge on any atom is 0.262 e. The lowest BCUT2D eigenvalue weighted by molar-refractivity contribution is -0.118. The molecular formula is C19H17N3O3S. The lowest BCUT2D eigenvalue weighted by Crippen LogP contribution is -2.20. The Hall–Kier alpha value is -3.19. The number of benzene rings is 2. The molecule has 0 radical (unpaired) electrons. The van der Waals surface area contributed by atoms with Crippen LogP contribution in [0.2, 0.25) is 0 Å². The molecule has 0 saturated heterocycles. The number of rotatable bonds is 6.